The molecular formula is C29H29F3N6O4S2. The minimum absolute atomic E-state index is 0.000762. The predicted molar refractivity (Wildman–Crippen MR) is 157 cm³/mol. The number of ether oxygens (including phenoxy) is 1. The second-order valence-electron chi connectivity index (χ2n) is 12.1. The van der Waals surface area contributed by atoms with Crippen LogP contribution < -0.4 is 15.5 Å². The molecule has 1 amide bonds. The summed E-state index contributed by atoms with van der Waals surface area (Å²) in [6.45, 7) is 2.46. The minimum atomic E-state index is -4.81. The Morgan fingerprint density at radius 1 is 1.11 bits per heavy atom. The number of amides is 1. The summed E-state index contributed by atoms with van der Waals surface area (Å²) in [5.74, 6) is -0.548. The smallest absolute Gasteiger partial charge is 0.377 e. The van der Waals surface area contributed by atoms with E-state index in [0.717, 1.165) is 48.9 Å². The normalized spacial score (nSPS) is 24.8. The van der Waals surface area contributed by atoms with Crippen LogP contribution in [0, 0.1) is 0 Å². The number of rotatable bonds is 6. The van der Waals surface area contributed by atoms with Crippen molar-refractivity contribution >= 4 is 44.4 Å². The van der Waals surface area contributed by atoms with Crippen molar-refractivity contribution in [3.8, 4) is 10.6 Å². The van der Waals surface area contributed by atoms with Gasteiger partial charge in [0.25, 0.3) is 5.91 Å². The van der Waals surface area contributed by atoms with Gasteiger partial charge in [0.15, 0.2) is 9.84 Å². The van der Waals surface area contributed by atoms with E-state index in [9.17, 15) is 26.4 Å². The molecule has 1 aliphatic carbocycles. The Morgan fingerprint density at radius 2 is 1.86 bits per heavy atom. The zero-order valence-electron chi connectivity index (χ0n) is 23.4. The van der Waals surface area contributed by atoms with Crippen molar-refractivity contribution in [2.75, 3.05) is 48.8 Å². The number of alkyl halides is 3. The number of hydrogen-bond donors (Lipinski definition) is 2. The fourth-order valence-electron chi connectivity index (χ4n) is 6.46. The van der Waals surface area contributed by atoms with Crippen LogP contribution in [-0.4, -0.2) is 85.9 Å². The van der Waals surface area contributed by atoms with Crippen LogP contribution in [0.2, 0.25) is 0 Å². The molecule has 1 aromatic carbocycles. The Kier molecular flexibility index (Phi) is 6.49. The largest absolute Gasteiger partial charge is 0.420 e. The van der Waals surface area contributed by atoms with E-state index in [1.165, 1.54) is 11.3 Å². The summed E-state index contributed by atoms with van der Waals surface area (Å²) in [7, 11) is -3.92. The van der Waals surface area contributed by atoms with E-state index in [4.69, 9.17) is 4.74 Å². The maximum Gasteiger partial charge on any atom is 0.420 e. The third-order valence-electron chi connectivity index (χ3n) is 9.06. The number of piperazine rings is 1. The summed E-state index contributed by atoms with van der Waals surface area (Å²) < 4.78 is 74.1. The lowest BCUT2D eigenvalue weighted by atomic mass is 9.90. The van der Waals surface area contributed by atoms with Gasteiger partial charge in [-0.1, -0.05) is 0 Å². The highest BCUT2D eigenvalue weighted by molar-refractivity contribution is 7.91. The van der Waals surface area contributed by atoms with Gasteiger partial charge in [-0.15, -0.1) is 11.3 Å². The molecule has 2 unspecified atom stereocenters. The summed E-state index contributed by atoms with van der Waals surface area (Å²) >= 11 is 0.713. The number of piperidine rings is 1. The third kappa shape index (κ3) is 4.93. The highest BCUT2D eigenvalue weighted by atomic mass is 32.2. The summed E-state index contributed by atoms with van der Waals surface area (Å²) in [4.78, 5) is 25.1. The number of hydrogen-bond acceptors (Lipinski definition) is 10. The van der Waals surface area contributed by atoms with Crippen LogP contribution in [0.25, 0.3) is 10.6 Å². The van der Waals surface area contributed by atoms with Crippen molar-refractivity contribution in [3.63, 3.8) is 0 Å². The lowest BCUT2D eigenvalue weighted by molar-refractivity contribution is -0.137. The fourth-order valence-corrected chi connectivity index (χ4v) is 9.38. The van der Waals surface area contributed by atoms with E-state index in [1.807, 2.05) is 12.1 Å². The highest BCUT2D eigenvalue weighted by Crippen LogP contribution is 2.46. The number of fused-ring (bicyclic) bond motifs is 3. The topological polar surface area (TPSA) is 117 Å². The first kappa shape index (κ1) is 28.2. The number of nitrogens with zero attached hydrogens (tertiary/aromatic N) is 4. The molecule has 5 aliphatic heterocycles. The van der Waals surface area contributed by atoms with Crippen molar-refractivity contribution in [3.05, 3.63) is 46.5 Å². The predicted octanol–water partition coefficient (Wildman–Crippen LogP) is 4.02. The summed E-state index contributed by atoms with van der Waals surface area (Å²) in [6.07, 6.45) is -0.852. The van der Waals surface area contributed by atoms with Crippen molar-refractivity contribution in [1.29, 1.82) is 0 Å². The number of benzene rings is 1. The van der Waals surface area contributed by atoms with Gasteiger partial charge in [0.2, 0.25) is 5.95 Å². The van der Waals surface area contributed by atoms with Gasteiger partial charge < -0.3 is 25.2 Å². The molecule has 10 nitrogen and oxygen atoms in total. The molecule has 2 atom stereocenters. The van der Waals surface area contributed by atoms with E-state index in [-0.39, 0.29) is 38.9 Å². The SMILES string of the molecule is O=C1c2sc(-c3nc(Nc4ccc(N5CC6CC(C5)N6)cc4C4CC4)ncc3C(F)(F)F)cc2S(=O)(=O)CCN1C1COC1. The lowest BCUT2D eigenvalue weighted by Gasteiger charge is -2.49. The molecule has 2 bridgehead atoms. The molecule has 3 aromatic rings. The van der Waals surface area contributed by atoms with Gasteiger partial charge in [-0.05, 0) is 55.0 Å². The molecule has 44 heavy (non-hydrogen) atoms. The van der Waals surface area contributed by atoms with Crippen LogP contribution in [0.1, 0.15) is 46.0 Å². The molecule has 15 heteroatoms. The lowest BCUT2D eigenvalue weighted by Crippen LogP contribution is -2.67. The van der Waals surface area contributed by atoms with E-state index in [0.29, 0.717) is 48.7 Å². The molecule has 232 valence electrons. The number of nitrogens with one attached hydrogen (secondary N) is 2. The first-order valence-corrected chi connectivity index (χ1v) is 17.1. The van der Waals surface area contributed by atoms with Crippen LogP contribution in [-0.2, 0) is 20.8 Å². The van der Waals surface area contributed by atoms with Crippen molar-refractivity contribution in [2.24, 2.45) is 0 Å². The van der Waals surface area contributed by atoms with Gasteiger partial charge >= 0.3 is 6.18 Å². The van der Waals surface area contributed by atoms with Gasteiger partial charge in [-0.3, -0.25) is 4.79 Å². The number of halogens is 3. The van der Waals surface area contributed by atoms with Crippen LogP contribution in [0.5, 0.6) is 0 Å². The molecule has 9 rings (SSSR count). The van der Waals surface area contributed by atoms with Crippen molar-refractivity contribution in [1.82, 2.24) is 20.2 Å². The maximum absolute atomic E-state index is 14.2. The molecule has 7 heterocycles. The standard InChI is InChI=1S/C29H29F3N6O4S2/c30-29(31,32)21-10-33-28(35-22-4-3-18(8-20(22)15-1-2-15)37-11-16-7-17(12-37)34-16)36-25(21)23-9-24-26(43-23)27(39)38(19-13-42-14-19)5-6-44(24,40)41/h3-4,8-10,15-17,19,34H,1-2,5-7,11-14H2,(H,33,35,36). The van der Waals surface area contributed by atoms with Crippen molar-refractivity contribution < 1.29 is 31.1 Å². The Morgan fingerprint density at radius 3 is 2.52 bits per heavy atom. The molecule has 2 aromatic heterocycles. The van der Waals surface area contributed by atoms with Gasteiger partial charge in [0, 0.05) is 49.3 Å². The minimum Gasteiger partial charge on any atom is -0.377 e. The van der Waals surface area contributed by atoms with Crippen molar-refractivity contribution in [2.45, 2.75) is 54.4 Å². The van der Waals surface area contributed by atoms with Crippen LogP contribution >= 0.6 is 11.3 Å². The number of thiophene rings is 1. The van der Waals surface area contributed by atoms with Gasteiger partial charge in [-0.2, -0.15) is 13.2 Å². The molecular weight excluding hydrogens is 617 g/mol. The summed E-state index contributed by atoms with van der Waals surface area (Å²) in [6, 6.07) is 7.98. The molecule has 0 spiro atoms. The fraction of sp³-hybridized carbons (Fsp3) is 0.483. The van der Waals surface area contributed by atoms with E-state index in [2.05, 4.69) is 31.6 Å². The second-order valence-corrected chi connectivity index (χ2v) is 15.3. The molecule has 2 N–H and O–H groups in total. The Hall–Kier alpha value is -3.27. The van der Waals surface area contributed by atoms with Gasteiger partial charge in [0.1, 0.15) is 10.4 Å². The first-order chi connectivity index (χ1) is 21.0. The molecule has 6 aliphatic rings. The highest BCUT2D eigenvalue weighted by Gasteiger charge is 2.41. The zero-order valence-corrected chi connectivity index (χ0v) is 25.1. The third-order valence-corrected chi connectivity index (χ3v) is 12.0. The average molecular weight is 647 g/mol. The number of sulfone groups is 1. The van der Waals surface area contributed by atoms with E-state index in [1.54, 1.807) is 0 Å². The Labute approximate surface area is 255 Å². The Bertz CT molecular complexity index is 1760. The molecule has 4 saturated heterocycles. The first-order valence-electron chi connectivity index (χ1n) is 14.7. The van der Waals surface area contributed by atoms with Crippen LogP contribution in [0.15, 0.2) is 35.4 Å². The van der Waals surface area contributed by atoms with E-state index < -0.39 is 33.2 Å². The maximum atomic E-state index is 14.2. The Balaban J connectivity index is 1.15. The summed E-state index contributed by atoms with van der Waals surface area (Å²) in [5.41, 5.74) is 1.33. The average Bonchev–Trinajstić information content (AvgIpc) is 3.70. The van der Waals surface area contributed by atoms with Crippen LogP contribution in [0.3, 0.4) is 0 Å². The number of anilines is 3. The van der Waals surface area contributed by atoms with E-state index >= 15 is 0 Å². The van der Waals surface area contributed by atoms with Gasteiger partial charge in [-0.25, -0.2) is 18.4 Å². The molecule has 0 radical (unpaired) electrons. The van der Waals surface area contributed by atoms with Gasteiger partial charge in [0.05, 0.1) is 40.5 Å². The number of carbonyl (C=O) groups is 1. The summed E-state index contributed by atoms with van der Waals surface area (Å²) in [5, 5.41) is 6.68. The number of carbonyl (C=O) groups excluding carboxylic acids is 1. The second kappa shape index (κ2) is 10.1. The molecule has 5 fully saturated rings. The quantitative estimate of drug-likeness (QED) is 0.410. The molecule has 1 saturated carbocycles. The van der Waals surface area contributed by atoms with Crippen LogP contribution in [0.4, 0.5) is 30.5 Å². The monoisotopic (exact) mass is 646 g/mol. The number of aromatic nitrogens is 2. The zero-order chi connectivity index (χ0) is 30.4.